The monoisotopic (exact) mass is 383 g/mol. The molecule has 2 bridgehead atoms. The molecule has 0 aliphatic heterocycles. The van der Waals surface area contributed by atoms with Crippen molar-refractivity contribution in [2.75, 3.05) is 6.54 Å². The standard InChI is InChI=1S/C25H37NO2/c1-17-13-18(2)23(19(3)14-17)15-26-16-24-21-11-9-20(10-12-21)22(24)7-5-4-6-8-25(27)28/h5,7,13-14,20-22,24,26H,4,6,8-12,15-16H2,1-3H3,(H,27,28)/b7-5-/t20?,21?,22-,24-/m0/s1. The first-order chi connectivity index (χ1) is 13.5. The van der Waals surface area contributed by atoms with Crippen LogP contribution in [0, 0.1) is 44.4 Å². The van der Waals surface area contributed by atoms with Crippen molar-refractivity contribution >= 4 is 5.97 Å². The fourth-order valence-corrected chi connectivity index (χ4v) is 5.70. The summed E-state index contributed by atoms with van der Waals surface area (Å²) in [6, 6.07) is 4.57. The van der Waals surface area contributed by atoms with Gasteiger partial charge in [-0.05, 0) is 106 Å². The Morgan fingerprint density at radius 1 is 1.11 bits per heavy atom. The number of hydrogen-bond donors (Lipinski definition) is 2. The summed E-state index contributed by atoms with van der Waals surface area (Å²) in [5.74, 6) is 2.40. The number of carboxylic acids is 1. The van der Waals surface area contributed by atoms with Crippen LogP contribution in [0.15, 0.2) is 24.3 Å². The predicted molar refractivity (Wildman–Crippen MR) is 115 cm³/mol. The highest BCUT2D eigenvalue weighted by Crippen LogP contribution is 2.49. The maximum Gasteiger partial charge on any atom is 0.303 e. The lowest BCUT2D eigenvalue weighted by Gasteiger charge is -2.48. The molecule has 0 unspecified atom stereocenters. The number of allylic oxidation sites excluding steroid dienone is 2. The molecule has 0 saturated heterocycles. The molecule has 0 spiro atoms. The molecule has 0 aromatic heterocycles. The summed E-state index contributed by atoms with van der Waals surface area (Å²) in [5, 5.41) is 12.6. The Morgan fingerprint density at radius 2 is 1.75 bits per heavy atom. The summed E-state index contributed by atoms with van der Waals surface area (Å²) in [6.45, 7) is 8.67. The van der Waals surface area contributed by atoms with Gasteiger partial charge >= 0.3 is 5.97 Å². The van der Waals surface area contributed by atoms with Crippen LogP contribution in [-0.4, -0.2) is 17.6 Å². The van der Waals surface area contributed by atoms with Crippen molar-refractivity contribution in [1.82, 2.24) is 5.32 Å². The van der Waals surface area contributed by atoms with Crippen LogP contribution >= 0.6 is 0 Å². The summed E-state index contributed by atoms with van der Waals surface area (Å²) in [6.07, 6.45) is 12.2. The molecule has 0 radical (unpaired) electrons. The van der Waals surface area contributed by atoms with Crippen LogP contribution in [0.2, 0.25) is 0 Å². The van der Waals surface area contributed by atoms with Crippen molar-refractivity contribution in [3.05, 3.63) is 46.5 Å². The highest BCUT2D eigenvalue weighted by molar-refractivity contribution is 5.66. The molecule has 3 heteroatoms. The molecule has 3 nitrogen and oxygen atoms in total. The quantitative estimate of drug-likeness (QED) is 0.433. The van der Waals surface area contributed by atoms with Crippen LogP contribution in [0.1, 0.15) is 67.2 Å². The fraction of sp³-hybridized carbons (Fsp3) is 0.640. The second-order valence-electron chi connectivity index (χ2n) is 9.14. The summed E-state index contributed by atoms with van der Waals surface area (Å²) in [5.41, 5.74) is 5.58. The molecule has 1 aromatic carbocycles. The van der Waals surface area contributed by atoms with Crippen molar-refractivity contribution in [2.24, 2.45) is 23.7 Å². The van der Waals surface area contributed by atoms with Crippen LogP contribution in [0.4, 0.5) is 0 Å². The van der Waals surface area contributed by atoms with Gasteiger partial charge in [0, 0.05) is 13.0 Å². The van der Waals surface area contributed by atoms with Crippen molar-refractivity contribution in [2.45, 2.75) is 72.3 Å². The molecule has 1 aromatic rings. The van der Waals surface area contributed by atoms with Gasteiger partial charge in [0.25, 0.3) is 0 Å². The number of unbranched alkanes of at least 4 members (excludes halogenated alkanes) is 1. The third-order valence-corrected chi connectivity index (χ3v) is 7.10. The number of nitrogens with one attached hydrogen (secondary N) is 1. The Morgan fingerprint density at radius 3 is 2.39 bits per heavy atom. The molecule has 3 saturated carbocycles. The lowest BCUT2D eigenvalue weighted by molar-refractivity contribution is -0.137. The van der Waals surface area contributed by atoms with Crippen molar-refractivity contribution in [1.29, 1.82) is 0 Å². The smallest absolute Gasteiger partial charge is 0.303 e. The van der Waals surface area contributed by atoms with E-state index in [1.165, 1.54) is 47.9 Å². The minimum atomic E-state index is -0.686. The minimum absolute atomic E-state index is 0.279. The Balaban J connectivity index is 1.57. The zero-order chi connectivity index (χ0) is 20.1. The van der Waals surface area contributed by atoms with E-state index in [2.05, 4.69) is 50.4 Å². The molecule has 2 N–H and O–H groups in total. The van der Waals surface area contributed by atoms with Gasteiger partial charge in [-0.3, -0.25) is 4.79 Å². The lowest BCUT2D eigenvalue weighted by atomic mass is 9.58. The normalized spacial score (nSPS) is 26.8. The van der Waals surface area contributed by atoms with Gasteiger partial charge < -0.3 is 10.4 Å². The van der Waals surface area contributed by atoms with Gasteiger partial charge in [-0.2, -0.15) is 0 Å². The maximum atomic E-state index is 10.7. The van der Waals surface area contributed by atoms with E-state index < -0.39 is 5.97 Å². The largest absolute Gasteiger partial charge is 0.481 e. The number of rotatable bonds is 9. The third-order valence-electron chi connectivity index (χ3n) is 7.10. The van der Waals surface area contributed by atoms with E-state index in [1.807, 2.05) is 0 Å². The Bertz CT molecular complexity index is 677. The van der Waals surface area contributed by atoms with E-state index in [9.17, 15) is 4.79 Å². The van der Waals surface area contributed by atoms with Crippen LogP contribution in [-0.2, 0) is 11.3 Å². The van der Waals surface area contributed by atoms with Crippen LogP contribution in [0.3, 0.4) is 0 Å². The first kappa shape index (κ1) is 21.1. The summed E-state index contributed by atoms with van der Waals surface area (Å²) in [7, 11) is 0. The van der Waals surface area contributed by atoms with Gasteiger partial charge in [-0.15, -0.1) is 0 Å². The molecule has 4 rings (SSSR count). The first-order valence-corrected chi connectivity index (χ1v) is 11.1. The van der Waals surface area contributed by atoms with Crippen molar-refractivity contribution in [3.63, 3.8) is 0 Å². The van der Waals surface area contributed by atoms with Gasteiger partial charge in [0.05, 0.1) is 0 Å². The van der Waals surface area contributed by atoms with Crippen LogP contribution < -0.4 is 5.32 Å². The van der Waals surface area contributed by atoms with Gasteiger partial charge in [-0.25, -0.2) is 0 Å². The molecule has 0 heterocycles. The number of benzene rings is 1. The molecule has 3 aliphatic rings. The lowest BCUT2D eigenvalue weighted by Crippen LogP contribution is -2.43. The topological polar surface area (TPSA) is 49.3 Å². The molecule has 0 amide bonds. The fourth-order valence-electron chi connectivity index (χ4n) is 5.70. The number of carboxylic acid groups (broad SMARTS) is 1. The third kappa shape index (κ3) is 5.26. The van der Waals surface area contributed by atoms with Crippen LogP contribution in [0.5, 0.6) is 0 Å². The summed E-state index contributed by atoms with van der Waals surface area (Å²) >= 11 is 0. The van der Waals surface area contributed by atoms with E-state index in [1.54, 1.807) is 0 Å². The second-order valence-corrected chi connectivity index (χ2v) is 9.14. The SMILES string of the molecule is Cc1cc(C)c(CNC[C@H]2C3CCC(CC3)[C@@H]2/C=C\CCCC(=O)O)c(C)c1. The average Bonchev–Trinajstić information content (AvgIpc) is 2.65. The molecule has 3 fully saturated rings. The number of hydrogen-bond acceptors (Lipinski definition) is 2. The number of aryl methyl sites for hydroxylation is 3. The second kappa shape index (κ2) is 9.73. The van der Waals surface area contributed by atoms with Crippen molar-refractivity contribution < 1.29 is 9.90 Å². The van der Waals surface area contributed by atoms with Gasteiger partial charge in [0.15, 0.2) is 0 Å². The zero-order valence-corrected chi connectivity index (χ0v) is 17.8. The molecule has 154 valence electrons. The van der Waals surface area contributed by atoms with Gasteiger partial charge in [0.2, 0.25) is 0 Å². The van der Waals surface area contributed by atoms with Crippen LogP contribution in [0.25, 0.3) is 0 Å². The van der Waals surface area contributed by atoms with E-state index >= 15 is 0 Å². The maximum absolute atomic E-state index is 10.7. The Labute approximate surface area is 170 Å². The minimum Gasteiger partial charge on any atom is -0.481 e. The number of aliphatic carboxylic acids is 1. The molecular formula is C25H37NO2. The molecule has 3 aliphatic carbocycles. The van der Waals surface area contributed by atoms with Gasteiger partial charge in [0.1, 0.15) is 0 Å². The Hall–Kier alpha value is -1.61. The van der Waals surface area contributed by atoms with Crippen molar-refractivity contribution in [3.8, 4) is 0 Å². The number of carbonyl (C=O) groups is 1. The molecule has 2 atom stereocenters. The predicted octanol–water partition coefficient (Wildman–Crippen LogP) is 5.56. The molecular weight excluding hydrogens is 346 g/mol. The first-order valence-electron chi connectivity index (χ1n) is 11.1. The average molecular weight is 384 g/mol. The van der Waals surface area contributed by atoms with E-state index in [0.29, 0.717) is 5.92 Å². The highest BCUT2D eigenvalue weighted by Gasteiger charge is 2.41. The Kier molecular flexibility index (Phi) is 7.34. The zero-order valence-electron chi connectivity index (χ0n) is 17.8. The van der Waals surface area contributed by atoms with E-state index in [4.69, 9.17) is 5.11 Å². The number of fused-ring (bicyclic) bond motifs is 3. The highest BCUT2D eigenvalue weighted by atomic mass is 16.4. The summed E-state index contributed by atoms with van der Waals surface area (Å²) < 4.78 is 0. The van der Waals surface area contributed by atoms with E-state index in [0.717, 1.165) is 43.7 Å². The summed E-state index contributed by atoms with van der Waals surface area (Å²) in [4.78, 5) is 10.7. The van der Waals surface area contributed by atoms with Gasteiger partial charge in [-0.1, -0.05) is 29.8 Å². The van der Waals surface area contributed by atoms with E-state index in [-0.39, 0.29) is 6.42 Å². The molecule has 28 heavy (non-hydrogen) atoms.